The highest BCUT2D eigenvalue weighted by Crippen LogP contribution is 2.21. The van der Waals surface area contributed by atoms with Gasteiger partial charge in [0, 0.05) is 6.54 Å². The number of aliphatic hydroxyl groups excluding tert-OH is 1. The summed E-state index contributed by atoms with van der Waals surface area (Å²) in [5.41, 5.74) is 5.42. The first kappa shape index (κ1) is 12.9. The third-order valence-corrected chi connectivity index (χ3v) is 2.78. The van der Waals surface area contributed by atoms with Gasteiger partial charge in [-0.1, -0.05) is 13.8 Å². The Morgan fingerprint density at radius 1 is 1.31 bits per heavy atom. The van der Waals surface area contributed by atoms with Gasteiger partial charge in [0.1, 0.15) is 0 Å². The highest BCUT2D eigenvalue weighted by molar-refractivity contribution is 4.80. The molecule has 3 heteroatoms. The molecule has 0 aromatic rings. The van der Waals surface area contributed by atoms with Crippen LogP contribution in [0.4, 0.5) is 0 Å². The molecule has 0 aliphatic heterocycles. The fraction of sp³-hybridized carbons (Fsp3) is 1.00. The van der Waals surface area contributed by atoms with Crippen LogP contribution in [0.1, 0.15) is 40.5 Å². The zero-order chi connectivity index (χ0) is 10.5. The van der Waals surface area contributed by atoms with Crippen molar-refractivity contribution in [1.29, 1.82) is 0 Å². The lowest BCUT2D eigenvalue weighted by Crippen LogP contribution is -2.44. The summed E-state index contributed by atoms with van der Waals surface area (Å²) in [7, 11) is 0. The lowest BCUT2D eigenvalue weighted by atomic mass is 9.97. The highest BCUT2D eigenvalue weighted by Gasteiger charge is 2.28. The molecular weight excluding hydrogens is 166 g/mol. The van der Waals surface area contributed by atoms with Crippen molar-refractivity contribution in [3.63, 3.8) is 0 Å². The number of nitrogens with two attached hydrogens (primary N) is 1. The first-order valence-corrected chi connectivity index (χ1v) is 5.07. The van der Waals surface area contributed by atoms with Gasteiger partial charge in [0.05, 0.1) is 17.8 Å². The zero-order valence-electron chi connectivity index (χ0n) is 9.21. The molecule has 0 saturated heterocycles. The maximum atomic E-state index is 9.30. The van der Waals surface area contributed by atoms with E-state index >= 15 is 0 Å². The van der Waals surface area contributed by atoms with Gasteiger partial charge >= 0.3 is 0 Å². The summed E-state index contributed by atoms with van der Waals surface area (Å²) >= 11 is 0. The molecule has 80 valence electrons. The van der Waals surface area contributed by atoms with Crippen molar-refractivity contribution in [2.24, 2.45) is 5.73 Å². The van der Waals surface area contributed by atoms with Gasteiger partial charge < -0.3 is 15.6 Å². The first-order chi connectivity index (χ1) is 6.01. The summed E-state index contributed by atoms with van der Waals surface area (Å²) in [4.78, 5) is 0. The average Bonchev–Trinajstić information content (AvgIpc) is 2.14. The molecule has 2 atom stereocenters. The standard InChI is InChI=1S/C10H23NO2/c1-5-10(6-2,7-11)13-9(4)8(3)12/h8-9,12H,5-7,11H2,1-4H3. The van der Waals surface area contributed by atoms with Gasteiger partial charge in [-0.25, -0.2) is 0 Å². The van der Waals surface area contributed by atoms with E-state index in [0.29, 0.717) is 6.54 Å². The maximum Gasteiger partial charge on any atom is 0.0811 e. The van der Waals surface area contributed by atoms with E-state index < -0.39 is 6.10 Å². The Balaban J connectivity index is 4.24. The maximum absolute atomic E-state index is 9.30. The van der Waals surface area contributed by atoms with E-state index in [-0.39, 0.29) is 11.7 Å². The lowest BCUT2D eigenvalue weighted by molar-refractivity contribution is -0.122. The van der Waals surface area contributed by atoms with Gasteiger partial charge in [-0.3, -0.25) is 0 Å². The second-order valence-electron chi connectivity index (χ2n) is 3.66. The van der Waals surface area contributed by atoms with E-state index in [9.17, 15) is 5.11 Å². The van der Waals surface area contributed by atoms with E-state index in [1.807, 2.05) is 6.92 Å². The van der Waals surface area contributed by atoms with Crippen LogP contribution in [-0.2, 0) is 4.74 Å². The number of rotatable bonds is 6. The molecule has 2 unspecified atom stereocenters. The molecule has 0 aliphatic rings. The second-order valence-corrected chi connectivity index (χ2v) is 3.66. The summed E-state index contributed by atoms with van der Waals surface area (Å²) in [6, 6.07) is 0. The molecule has 0 heterocycles. The molecule has 0 fully saturated rings. The quantitative estimate of drug-likeness (QED) is 0.662. The average molecular weight is 189 g/mol. The number of hydrogen-bond acceptors (Lipinski definition) is 3. The van der Waals surface area contributed by atoms with E-state index in [1.54, 1.807) is 6.92 Å². The molecule has 0 amide bonds. The van der Waals surface area contributed by atoms with Crippen molar-refractivity contribution in [1.82, 2.24) is 0 Å². The lowest BCUT2D eigenvalue weighted by Gasteiger charge is -2.34. The van der Waals surface area contributed by atoms with Crippen molar-refractivity contribution in [2.45, 2.75) is 58.3 Å². The Labute approximate surface area is 81.3 Å². The molecule has 0 spiro atoms. The van der Waals surface area contributed by atoms with E-state index in [2.05, 4.69) is 13.8 Å². The predicted octanol–water partition coefficient (Wildman–Crippen LogP) is 1.29. The largest absolute Gasteiger partial charge is 0.391 e. The van der Waals surface area contributed by atoms with Crippen LogP contribution in [0.15, 0.2) is 0 Å². The third-order valence-electron chi connectivity index (χ3n) is 2.78. The van der Waals surface area contributed by atoms with Crippen LogP contribution < -0.4 is 5.73 Å². The van der Waals surface area contributed by atoms with Crippen LogP contribution >= 0.6 is 0 Å². The molecule has 0 saturated carbocycles. The van der Waals surface area contributed by atoms with E-state index in [0.717, 1.165) is 12.8 Å². The normalized spacial score (nSPS) is 17.1. The van der Waals surface area contributed by atoms with Gasteiger partial charge in [-0.05, 0) is 26.7 Å². The summed E-state index contributed by atoms with van der Waals surface area (Å²) in [6.07, 6.45) is 1.18. The minimum Gasteiger partial charge on any atom is -0.391 e. The Morgan fingerprint density at radius 3 is 2.00 bits per heavy atom. The van der Waals surface area contributed by atoms with Crippen molar-refractivity contribution < 1.29 is 9.84 Å². The minimum atomic E-state index is -0.441. The smallest absolute Gasteiger partial charge is 0.0811 e. The predicted molar refractivity (Wildman–Crippen MR) is 54.6 cm³/mol. The Bertz CT molecular complexity index is 125. The summed E-state index contributed by atoms with van der Waals surface area (Å²) in [5.74, 6) is 0. The fourth-order valence-corrected chi connectivity index (χ4v) is 1.25. The Morgan fingerprint density at radius 2 is 1.77 bits per heavy atom. The minimum absolute atomic E-state index is 0.150. The van der Waals surface area contributed by atoms with Gasteiger partial charge in [0.25, 0.3) is 0 Å². The van der Waals surface area contributed by atoms with Crippen molar-refractivity contribution in [3.8, 4) is 0 Å². The Kier molecular flexibility index (Phi) is 5.53. The van der Waals surface area contributed by atoms with Crippen molar-refractivity contribution >= 4 is 0 Å². The van der Waals surface area contributed by atoms with Crippen LogP contribution in [0.25, 0.3) is 0 Å². The molecule has 0 rings (SSSR count). The molecule has 3 N–H and O–H groups in total. The van der Waals surface area contributed by atoms with Gasteiger partial charge in [0.15, 0.2) is 0 Å². The van der Waals surface area contributed by atoms with Crippen molar-refractivity contribution in [3.05, 3.63) is 0 Å². The topological polar surface area (TPSA) is 55.5 Å². The van der Waals surface area contributed by atoms with Crippen LogP contribution in [0, 0.1) is 0 Å². The molecule has 13 heavy (non-hydrogen) atoms. The molecule has 3 nitrogen and oxygen atoms in total. The molecular formula is C10H23NO2. The van der Waals surface area contributed by atoms with Crippen LogP contribution in [0.3, 0.4) is 0 Å². The molecule has 0 bridgehead atoms. The number of hydrogen-bond donors (Lipinski definition) is 2. The summed E-state index contributed by atoms with van der Waals surface area (Å²) in [5, 5.41) is 9.30. The summed E-state index contributed by atoms with van der Waals surface area (Å²) < 4.78 is 5.77. The van der Waals surface area contributed by atoms with Gasteiger partial charge in [-0.15, -0.1) is 0 Å². The SMILES string of the molecule is CCC(CC)(CN)OC(C)C(C)O. The van der Waals surface area contributed by atoms with Crippen LogP contribution in [-0.4, -0.2) is 29.5 Å². The third kappa shape index (κ3) is 3.63. The number of aliphatic hydroxyl groups is 1. The van der Waals surface area contributed by atoms with E-state index in [4.69, 9.17) is 10.5 Å². The first-order valence-electron chi connectivity index (χ1n) is 5.07. The second kappa shape index (κ2) is 5.58. The highest BCUT2D eigenvalue weighted by atomic mass is 16.5. The Hall–Kier alpha value is -0.120. The molecule has 0 aromatic carbocycles. The zero-order valence-corrected chi connectivity index (χ0v) is 9.21. The van der Waals surface area contributed by atoms with Gasteiger partial charge in [0.2, 0.25) is 0 Å². The van der Waals surface area contributed by atoms with Crippen LogP contribution in [0.5, 0.6) is 0 Å². The van der Waals surface area contributed by atoms with E-state index in [1.165, 1.54) is 0 Å². The monoisotopic (exact) mass is 189 g/mol. The number of ether oxygens (including phenoxy) is 1. The van der Waals surface area contributed by atoms with Crippen molar-refractivity contribution in [2.75, 3.05) is 6.54 Å². The van der Waals surface area contributed by atoms with Gasteiger partial charge in [-0.2, -0.15) is 0 Å². The molecule has 0 aromatic heterocycles. The fourth-order valence-electron chi connectivity index (χ4n) is 1.25. The molecule has 0 radical (unpaired) electrons. The summed E-state index contributed by atoms with van der Waals surface area (Å²) in [6.45, 7) is 8.24. The molecule has 0 aliphatic carbocycles. The van der Waals surface area contributed by atoms with Crippen LogP contribution in [0.2, 0.25) is 0 Å².